The molecule has 1 amide bonds. The lowest BCUT2D eigenvalue weighted by atomic mass is 9.89. The van der Waals surface area contributed by atoms with Crippen LogP contribution < -0.4 is 10.6 Å². The summed E-state index contributed by atoms with van der Waals surface area (Å²) in [6, 6.07) is 18.3. The lowest BCUT2D eigenvalue weighted by Gasteiger charge is -2.31. The van der Waals surface area contributed by atoms with E-state index in [9.17, 15) is 9.59 Å². The number of likely N-dealkylation sites (tertiary alicyclic amines) is 1. The number of rotatable bonds is 5. The van der Waals surface area contributed by atoms with Gasteiger partial charge in [-0.05, 0) is 78.6 Å². The fourth-order valence-corrected chi connectivity index (χ4v) is 5.43. The van der Waals surface area contributed by atoms with E-state index in [1.54, 1.807) is 6.92 Å². The van der Waals surface area contributed by atoms with Crippen molar-refractivity contribution in [2.45, 2.75) is 31.7 Å². The molecule has 2 aliphatic rings. The lowest BCUT2D eigenvalue weighted by molar-refractivity contribution is -0.129. The molecule has 1 atom stereocenters. The number of hydrogen-bond acceptors (Lipinski definition) is 5. The van der Waals surface area contributed by atoms with Gasteiger partial charge in [-0.2, -0.15) is 0 Å². The summed E-state index contributed by atoms with van der Waals surface area (Å²) in [7, 11) is 0. The molecule has 4 aromatic rings. The maximum absolute atomic E-state index is 11.9. The molecular formula is C30H29N5O2. The van der Waals surface area contributed by atoms with Crippen LogP contribution in [-0.2, 0) is 9.59 Å². The van der Waals surface area contributed by atoms with Crippen LogP contribution in [0.5, 0.6) is 0 Å². The summed E-state index contributed by atoms with van der Waals surface area (Å²) in [6.07, 6.45) is 8.60. The van der Waals surface area contributed by atoms with Gasteiger partial charge in [0.05, 0.1) is 5.69 Å². The van der Waals surface area contributed by atoms with Crippen molar-refractivity contribution in [1.29, 1.82) is 0 Å². The Labute approximate surface area is 215 Å². The summed E-state index contributed by atoms with van der Waals surface area (Å²) in [5, 5.41) is 7.75. The van der Waals surface area contributed by atoms with Crippen molar-refractivity contribution in [3.63, 3.8) is 0 Å². The number of pyridine rings is 1. The second kappa shape index (κ2) is 9.58. The number of nitrogens with one attached hydrogen (secondary N) is 3. The first kappa shape index (κ1) is 23.0. The van der Waals surface area contributed by atoms with Crippen molar-refractivity contribution in [3.05, 3.63) is 83.7 Å². The standard InChI is InChI=1S/C30H29N5O2/c1-19(37)35-14-10-21(11-15-35)20-2-5-25(6-3-20)33-30-29-24(9-13-32-28(29)18-36)17-27(34-30)22-4-7-26-23(16-22)8-12-31-26/h2-9,12-13,16-18,21,28,31-32H,10-11,14-15H2,1H3,(H,33,34). The normalized spacial score (nSPS) is 17.3. The monoisotopic (exact) mass is 491 g/mol. The first-order valence-electron chi connectivity index (χ1n) is 12.7. The van der Waals surface area contributed by atoms with Crippen LogP contribution in [-0.4, -0.2) is 40.2 Å². The molecule has 0 aliphatic carbocycles. The van der Waals surface area contributed by atoms with E-state index in [4.69, 9.17) is 4.98 Å². The maximum atomic E-state index is 11.9. The predicted octanol–water partition coefficient (Wildman–Crippen LogP) is 5.51. The van der Waals surface area contributed by atoms with Crippen LogP contribution in [0.3, 0.4) is 0 Å². The minimum atomic E-state index is -0.470. The van der Waals surface area contributed by atoms with Crippen LogP contribution >= 0.6 is 0 Å². The van der Waals surface area contributed by atoms with Crippen molar-refractivity contribution in [2.75, 3.05) is 18.4 Å². The van der Waals surface area contributed by atoms with Gasteiger partial charge in [-0.1, -0.05) is 18.2 Å². The number of amides is 1. The highest BCUT2D eigenvalue weighted by Crippen LogP contribution is 2.35. The quantitative estimate of drug-likeness (QED) is 0.320. The Morgan fingerprint density at radius 3 is 2.65 bits per heavy atom. The van der Waals surface area contributed by atoms with Crippen LogP contribution in [0.4, 0.5) is 11.5 Å². The molecule has 4 heterocycles. The zero-order chi connectivity index (χ0) is 25.4. The fourth-order valence-electron chi connectivity index (χ4n) is 5.43. The minimum Gasteiger partial charge on any atom is -0.378 e. The molecule has 0 spiro atoms. The van der Waals surface area contributed by atoms with Crippen LogP contribution in [0.2, 0.25) is 0 Å². The highest BCUT2D eigenvalue weighted by molar-refractivity contribution is 5.86. The van der Waals surface area contributed by atoms with Crippen molar-refractivity contribution in [1.82, 2.24) is 20.2 Å². The summed E-state index contributed by atoms with van der Waals surface area (Å²) in [4.78, 5) is 33.7. The number of nitrogens with zero attached hydrogens (tertiary/aromatic N) is 2. The van der Waals surface area contributed by atoms with E-state index >= 15 is 0 Å². The molecule has 7 nitrogen and oxygen atoms in total. The fraction of sp³-hybridized carbons (Fsp3) is 0.233. The van der Waals surface area contributed by atoms with Gasteiger partial charge < -0.3 is 25.3 Å². The Bertz CT molecular complexity index is 1500. The molecule has 0 saturated carbocycles. The molecule has 3 N–H and O–H groups in total. The maximum Gasteiger partial charge on any atom is 0.219 e. The number of aromatic amines is 1. The highest BCUT2D eigenvalue weighted by atomic mass is 16.2. The minimum absolute atomic E-state index is 0.155. The van der Waals surface area contributed by atoms with Crippen molar-refractivity contribution in [3.8, 4) is 11.3 Å². The van der Waals surface area contributed by atoms with Gasteiger partial charge in [0.15, 0.2) is 0 Å². The summed E-state index contributed by atoms with van der Waals surface area (Å²) < 4.78 is 0. The number of aldehydes is 1. The van der Waals surface area contributed by atoms with Gasteiger partial charge in [0.25, 0.3) is 0 Å². The summed E-state index contributed by atoms with van der Waals surface area (Å²) >= 11 is 0. The number of anilines is 2. The van der Waals surface area contributed by atoms with E-state index in [-0.39, 0.29) is 5.91 Å². The van der Waals surface area contributed by atoms with E-state index < -0.39 is 6.04 Å². The molecule has 37 heavy (non-hydrogen) atoms. The number of benzene rings is 2. The molecule has 1 unspecified atom stereocenters. The molecule has 186 valence electrons. The molecule has 2 aliphatic heterocycles. The van der Waals surface area contributed by atoms with E-state index in [2.05, 4.69) is 58.1 Å². The number of H-pyrrole nitrogens is 1. The van der Waals surface area contributed by atoms with Gasteiger partial charge in [-0.15, -0.1) is 0 Å². The first-order valence-corrected chi connectivity index (χ1v) is 12.7. The van der Waals surface area contributed by atoms with Gasteiger partial charge in [-0.25, -0.2) is 4.98 Å². The van der Waals surface area contributed by atoms with Gasteiger partial charge in [-0.3, -0.25) is 4.79 Å². The Morgan fingerprint density at radius 1 is 1.08 bits per heavy atom. The number of piperidine rings is 1. The molecule has 1 fully saturated rings. The Balaban J connectivity index is 1.31. The zero-order valence-electron chi connectivity index (χ0n) is 20.7. The zero-order valence-corrected chi connectivity index (χ0v) is 20.7. The van der Waals surface area contributed by atoms with Gasteiger partial charge in [0.1, 0.15) is 18.1 Å². The topological polar surface area (TPSA) is 90.1 Å². The molecule has 0 bridgehead atoms. The molecule has 2 aromatic heterocycles. The Kier molecular flexibility index (Phi) is 5.96. The second-order valence-electron chi connectivity index (χ2n) is 9.78. The average Bonchev–Trinajstić information content (AvgIpc) is 3.41. The van der Waals surface area contributed by atoms with Crippen LogP contribution in [0.1, 0.15) is 48.4 Å². The van der Waals surface area contributed by atoms with E-state index in [1.807, 2.05) is 35.5 Å². The SMILES string of the molecule is CC(=O)N1CCC(c2ccc(Nc3nc(-c4ccc5[nH]ccc5c4)cc4c3C(C=O)NC=C4)cc2)CC1. The Hall–Kier alpha value is -4.39. The number of hydrogen-bond donors (Lipinski definition) is 3. The Morgan fingerprint density at radius 2 is 1.89 bits per heavy atom. The molecule has 1 saturated heterocycles. The number of aromatic nitrogens is 2. The molecule has 6 rings (SSSR count). The number of carbonyl (C=O) groups excluding carboxylic acids is 2. The summed E-state index contributed by atoms with van der Waals surface area (Å²) in [5.74, 6) is 1.27. The van der Waals surface area contributed by atoms with Gasteiger partial charge in [0.2, 0.25) is 5.91 Å². The van der Waals surface area contributed by atoms with Crippen LogP contribution in [0.15, 0.2) is 67.0 Å². The van der Waals surface area contributed by atoms with Gasteiger partial charge >= 0.3 is 0 Å². The average molecular weight is 492 g/mol. The van der Waals surface area contributed by atoms with E-state index in [1.165, 1.54) is 5.56 Å². The molecule has 2 aromatic carbocycles. The van der Waals surface area contributed by atoms with Crippen LogP contribution in [0, 0.1) is 0 Å². The van der Waals surface area contributed by atoms with E-state index in [0.29, 0.717) is 11.7 Å². The van der Waals surface area contributed by atoms with E-state index in [0.717, 1.165) is 71.2 Å². The smallest absolute Gasteiger partial charge is 0.219 e. The third-order valence-corrected chi connectivity index (χ3v) is 7.51. The highest BCUT2D eigenvalue weighted by Gasteiger charge is 2.24. The van der Waals surface area contributed by atoms with Crippen molar-refractivity contribution in [2.24, 2.45) is 0 Å². The lowest BCUT2D eigenvalue weighted by Crippen LogP contribution is -2.36. The van der Waals surface area contributed by atoms with Crippen LogP contribution in [0.25, 0.3) is 28.2 Å². The largest absolute Gasteiger partial charge is 0.378 e. The predicted molar refractivity (Wildman–Crippen MR) is 146 cm³/mol. The van der Waals surface area contributed by atoms with Gasteiger partial charge in [0, 0.05) is 53.9 Å². The molecular weight excluding hydrogens is 462 g/mol. The number of fused-ring (bicyclic) bond motifs is 2. The number of carbonyl (C=O) groups is 2. The first-order chi connectivity index (χ1) is 18.1. The van der Waals surface area contributed by atoms with Crippen molar-refractivity contribution < 1.29 is 9.59 Å². The molecule has 7 heteroatoms. The summed E-state index contributed by atoms with van der Waals surface area (Å²) in [5.41, 5.74) is 6.94. The van der Waals surface area contributed by atoms with Crippen molar-refractivity contribution >= 4 is 40.7 Å². The molecule has 0 radical (unpaired) electrons. The summed E-state index contributed by atoms with van der Waals surface area (Å²) in [6.45, 7) is 3.26. The third kappa shape index (κ3) is 4.48. The third-order valence-electron chi connectivity index (χ3n) is 7.51. The second-order valence-corrected chi connectivity index (χ2v) is 9.78.